The number of carboxylic acids is 1. The number of likely N-dealkylation sites (tertiary alicyclic amines) is 1. The number of rotatable bonds is 4. The lowest BCUT2D eigenvalue weighted by molar-refractivity contribution is 0.0651. The fourth-order valence-corrected chi connectivity index (χ4v) is 4.63. The lowest BCUT2D eigenvalue weighted by atomic mass is 9.93. The summed E-state index contributed by atoms with van der Waals surface area (Å²) in [5, 5.41) is 12.9. The normalized spacial score (nSPS) is 16.1. The van der Waals surface area contributed by atoms with E-state index in [4.69, 9.17) is 14.4 Å². The third-order valence-corrected chi connectivity index (χ3v) is 6.25. The van der Waals surface area contributed by atoms with Gasteiger partial charge in [0.2, 0.25) is 5.76 Å². The molecule has 0 saturated carbocycles. The van der Waals surface area contributed by atoms with E-state index in [1.807, 2.05) is 24.3 Å². The van der Waals surface area contributed by atoms with Crippen LogP contribution < -0.4 is 0 Å². The zero-order valence-electron chi connectivity index (χ0n) is 16.9. The van der Waals surface area contributed by atoms with Gasteiger partial charge in [-0.05, 0) is 35.1 Å². The molecule has 2 aliphatic rings. The molecular weight excluding hydrogens is 396 g/mol. The number of hydrogen-bond donors (Lipinski definition) is 1. The number of carbonyl (C=O) groups is 2. The lowest BCUT2D eigenvalue weighted by Crippen LogP contribution is -2.38. The van der Waals surface area contributed by atoms with Crippen LogP contribution in [0.15, 0.2) is 59.1 Å². The van der Waals surface area contributed by atoms with E-state index in [-0.39, 0.29) is 23.7 Å². The van der Waals surface area contributed by atoms with Gasteiger partial charge < -0.3 is 19.3 Å². The highest BCUT2D eigenvalue weighted by atomic mass is 16.6. The Morgan fingerprint density at radius 1 is 1.03 bits per heavy atom. The summed E-state index contributed by atoms with van der Waals surface area (Å²) in [4.78, 5) is 25.4. The maximum atomic E-state index is 12.7. The van der Waals surface area contributed by atoms with Crippen LogP contribution in [-0.4, -0.2) is 46.9 Å². The highest BCUT2D eigenvalue weighted by Gasteiger charge is 2.31. The van der Waals surface area contributed by atoms with Crippen molar-refractivity contribution in [3.05, 3.63) is 77.2 Å². The van der Waals surface area contributed by atoms with Gasteiger partial charge in [0, 0.05) is 31.0 Å². The topological polar surface area (TPSA) is 92.9 Å². The monoisotopic (exact) mass is 418 g/mol. The number of fused-ring (bicyclic) bond motifs is 3. The molecule has 31 heavy (non-hydrogen) atoms. The van der Waals surface area contributed by atoms with Crippen molar-refractivity contribution in [2.45, 2.75) is 24.7 Å². The zero-order valence-corrected chi connectivity index (χ0v) is 16.9. The van der Waals surface area contributed by atoms with Gasteiger partial charge in [0.25, 0.3) is 0 Å². The quantitative estimate of drug-likeness (QED) is 0.671. The van der Waals surface area contributed by atoms with Crippen molar-refractivity contribution in [2.24, 2.45) is 0 Å². The predicted molar refractivity (Wildman–Crippen MR) is 112 cm³/mol. The molecule has 1 fully saturated rings. The van der Waals surface area contributed by atoms with E-state index in [9.17, 15) is 9.59 Å². The standard InChI is InChI=1S/C24H22N2O5/c27-23(28)22-13-21(25-31-22)15-9-11-26(12-10-15)24(29)30-14-20-18-7-3-1-5-16(18)17-6-2-4-8-19(17)20/h1-8,13,15,20H,9-12,14H2,(H,27,28). The molecule has 2 aromatic carbocycles. The van der Waals surface area contributed by atoms with Gasteiger partial charge in [-0.3, -0.25) is 0 Å². The third kappa shape index (κ3) is 3.56. The van der Waals surface area contributed by atoms with Crippen molar-refractivity contribution < 1.29 is 24.0 Å². The van der Waals surface area contributed by atoms with Crippen LogP contribution in [0, 0.1) is 0 Å². The number of carbonyl (C=O) groups excluding carboxylic acids is 1. The molecule has 1 saturated heterocycles. The van der Waals surface area contributed by atoms with E-state index in [2.05, 4.69) is 29.4 Å². The van der Waals surface area contributed by atoms with E-state index in [0.29, 0.717) is 38.2 Å². The second kappa shape index (κ2) is 7.91. The van der Waals surface area contributed by atoms with Crippen molar-refractivity contribution in [3.63, 3.8) is 0 Å². The van der Waals surface area contributed by atoms with Gasteiger partial charge in [-0.2, -0.15) is 0 Å². The molecule has 3 aromatic rings. The molecule has 1 aliphatic heterocycles. The predicted octanol–water partition coefficient (Wildman–Crippen LogP) is 4.50. The van der Waals surface area contributed by atoms with Crippen molar-refractivity contribution in [1.29, 1.82) is 0 Å². The molecule has 0 bridgehead atoms. The number of aromatic nitrogens is 1. The first-order chi connectivity index (χ1) is 15.1. The average Bonchev–Trinajstić information content (AvgIpc) is 3.42. The Labute approximate surface area is 179 Å². The molecule has 1 aromatic heterocycles. The summed E-state index contributed by atoms with van der Waals surface area (Å²) in [6.45, 7) is 1.38. The van der Waals surface area contributed by atoms with Crippen LogP contribution in [0.3, 0.4) is 0 Å². The van der Waals surface area contributed by atoms with Gasteiger partial charge in [-0.15, -0.1) is 0 Å². The number of amides is 1. The summed E-state index contributed by atoms with van der Waals surface area (Å²) < 4.78 is 10.6. The largest absolute Gasteiger partial charge is 0.475 e. The fraction of sp³-hybridized carbons (Fsp3) is 0.292. The van der Waals surface area contributed by atoms with E-state index in [1.165, 1.54) is 28.3 Å². The van der Waals surface area contributed by atoms with Crippen molar-refractivity contribution in [1.82, 2.24) is 10.1 Å². The minimum Gasteiger partial charge on any atom is -0.475 e. The molecule has 7 heteroatoms. The van der Waals surface area contributed by atoms with Crippen molar-refractivity contribution in [3.8, 4) is 11.1 Å². The van der Waals surface area contributed by atoms with E-state index >= 15 is 0 Å². The summed E-state index contributed by atoms with van der Waals surface area (Å²) >= 11 is 0. The minimum atomic E-state index is -1.13. The number of piperidine rings is 1. The Balaban J connectivity index is 1.21. The second-order valence-corrected chi connectivity index (χ2v) is 7.99. The van der Waals surface area contributed by atoms with Gasteiger partial charge in [-0.25, -0.2) is 9.59 Å². The summed E-state index contributed by atoms with van der Waals surface area (Å²) in [5.41, 5.74) is 5.41. The summed E-state index contributed by atoms with van der Waals surface area (Å²) in [6, 6.07) is 18.0. The zero-order chi connectivity index (χ0) is 21.4. The molecule has 0 atom stereocenters. The first kappa shape index (κ1) is 19.4. The Bertz CT molecular complexity index is 1080. The highest BCUT2D eigenvalue weighted by Crippen LogP contribution is 2.44. The Morgan fingerprint density at radius 3 is 2.23 bits per heavy atom. The molecular formula is C24H22N2O5. The molecule has 7 nitrogen and oxygen atoms in total. The Kier molecular flexibility index (Phi) is 4.94. The molecule has 2 heterocycles. The summed E-state index contributed by atoms with van der Waals surface area (Å²) in [5.74, 6) is -1.17. The number of aromatic carboxylic acids is 1. The summed E-state index contributed by atoms with van der Waals surface area (Å²) in [6.07, 6.45) is 1.07. The lowest BCUT2D eigenvalue weighted by Gasteiger charge is -2.30. The fourth-order valence-electron chi connectivity index (χ4n) is 4.63. The van der Waals surface area contributed by atoms with Crippen LogP contribution in [0.4, 0.5) is 4.79 Å². The van der Waals surface area contributed by atoms with Crippen LogP contribution >= 0.6 is 0 Å². The number of hydrogen-bond acceptors (Lipinski definition) is 5. The molecule has 5 rings (SSSR count). The number of nitrogens with zero attached hydrogens (tertiary/aromatic N) is 2. The maximum absolute atomic E-state index is 12.7. The molecule has 0 spiro atoms. The van der Waals surface area contributed by atoms with Crippen LogP contribution in [0.5, 0.6) is 0 Å². The summed E-state index contributed by atoms with van der Waals surface area (Å²) in [7, 11) is 0. The Morgan fingerprint density at radius 2 is 1.65 bits per heavy atom. The van der Waals surface area contributed by atoms with Crippen LogP contribution in [0.2, 0.25) is 0 Å². The van der Waals surface area contributed by atoms with Crippen LogP contribution in [-0.2, 0) is 4.74 Å². The second-order valence-electron chi connectivity index (χ2n) is 7.99. The Hall–Kier alpha value is -3.61. The van der Waals surface area contributed by atoms with Gasteiger partial charge in [0.05, 0.1) is 5.69 Å². The molecule has 0 unspecified atom stereocenters. The molecule has 1 aliphatic carbocycles. The molecule has 1 N–H and O–H groups in total. The van der Waals surface area contributed by atoms with Crippen molar-refractivity contribution in [2.75, 3.05) is 19.7 Å². The van der Waals surface area contributed by atoms with E-state index in [0.717, 1.165) is 0 Å². The third-order valence-electron chi connectivity index (χ3n) is 6.25. The molecule has 0 radical (unpaired) electrons. The van der Waals surface area contributed by atoms with Gasteiger partial charge in [-0.1, -0.05) is 53.7 Å². The van der Waals surface area contributed by atoms with Gasteiger partial charge >= 0.3 is 12.1 Å². The molecule has 158 valence electrons. The van der Waals surface area contributed by atoms with Gasteiger partial charge in [0.15, 0.2) is 0 Å². The first-order valence-corrected chi connectivity index (χ1v) is 10.4. The first-order valence-electron chi connectivity index (χ1n) is 10.4. The number of ether oxygens (including phenoxy) is 1. The van der Waals surface area contributed by atoms with Gasteiger partial charge in [0.1, 0.15) is 6.61 Å². The SMILES string of the molecule is O=C(O)c1cc(C2CCN(C(=O)OCC3c4ccccc4-c4ccccc43)CC2)no1. The van der Waals surface area contributed by atoms with Crippen LogP contribution in [0.1, 0.15) is 52.1 Å². The smallest absolute Gasteiger partial charge is 0.409 e. The molecule has 1 amide bonds. The number of carboxylic acid groups (broad SMARTS) is 1. The number of benzene rings is 2. The highest BCUT2D eigenvalue weighted by molar-refractivity contribution is 5.84. The van der Waals surface area contributed by atoms with E-state index < -0.39 is 5.97 Å². The average molecular weight is 418 g/mol. The van der Waals surface area contributed by atoms with Crippen molar-refractivity contribution >= 4 is 12.1 Å². The van der Waals surface area contributed by atoms with E-state index in [1.54, 1.807) is 4.90 Å². The van der Waals surface area contributed by atoms with Crippen LogP contribution in [0.25, 0.3) is 11.1 Å². The minimum absolute atomic E-state index is 0.0402. The maximum Gasteiger partial charge on any atom is 0.409 e.